The first-order valence-electron chi connectivity index (χ1n) is 5.74. The van der Waals surface area contributed by atoms with Gasteiger partial charge in [0.2, 0.25) is 0 Å². The van der Waals surface area contributed by atoms with Crippen molar-refractivity contribution < 1.29 is 9.53 Å². The normalized spacial score (nSPS) is 16.7. The van der Waals surface area contributed by atoms with E-state index in [1.807, 2.05) is 26.8 Å². The Morgan fingerprint density at radius 1 is 1.62 bits per heavy atom. The molecular formula is C13H21NO2. The van der Waals surface area contributed by atoms with Crippen LogP contribution in [0.2, 0.25) is 0 Å². The molecule has 0 aromatic heterocycles. The van der Waals surface area contributed by atoms with E-state index in [2.05, 4.69) is 12.7 Å². The summed E-state index contributed by atoms with van der Waals surface area (Å²) in [5.41, 5.74) is 0.573. The van der Waals surface area contributed by atoms with Crippen LogP contribution in [0, 0.1) is 0 Å². The number of ether oxygens (including phenoxy) is 1. The van der Waals surface area contributed by atoms with Gasteiger partial charge < -0.3 is 4.74 Å². The third-order valence-electron chi connectivity index (χ3n) is 2.28. The number of allylic oxidation sites excluding steroid dienone is 2. The Morgan fingerprint density at radius 2 is 2.31 bits per heavy atom. The van der Waals surface area contributed by atoms with Gasteiger partial charge in [-0.05, 0) is 33.6 Å². The summed E-state index contributed by atoms with van der Waals surface area (Å²) >= 11 is 0. The van der Waals surface area contributed by atoms with Crippen LogP contribution >= 0.6 is 0 Å². The highest BCUT2D eigenvalue weighted by Crippen LogP contribution is 2.21. The number of rotatable bonds is 2. The summed E-state index contributed by atoms with van der Waals surface area (Å²) in [6.07, 6.45) is 6.41. The van der Waals surface area contributed by atoms with Gasteiger partial charge in [0.15, 0.2) is 0 Å². The molecular weight excluding hydrogens is 202 g/mol. The number of carbonyl (C=O) groups excluding carboxylic acids is 1. The summed E-state index contributed by atoms with van der Waals surface area (Å²) in [6, 6.07) is 0. The van der Waals surface area contributed by atoms with Crippen molar-refractivity contribution in [3.8, 4) is 0 Å². The first kappa shape index (κ1) is 12.8. The van der Waals surface area contributed by atoms with Crippen molar-refractivity contribution in [3.05, 3.63) is 24.4 Å². The highest BCUT2D eigenvalue weighted by molar-refractivity contribution is 5.70. The Hall–Kier alpha value is -1.25. The van der Waals surface area contributed by atoms with Crippen molar-refractivity contribution in [1.82, 2.24) is 4.90 Å². The van der Waals surface area contributed by atoms with E-state index in [9.17, 15) is 4.79 Å². The lowest BCUT2D eigenvalue weighted by molar-refractivity contribution is 0.0300. The van der Waals surface area contributed by atoms with Crippen molar-refractivity contribution >= 4 is 6.09 Å². The van der Waals surface area contributed by atoms with E-state index in [0.29, 0.717) is 0 Å². The topological polar surface area (TPSA) is 29.5 Å². The predicted octanol–water partition coefficient (Wildman–Crippen LogP) is 3.48. The smallest absolute Gasteiger partial charge is 0.414 e. The van der Waals surface area contributed by atoms with Crippen molar-refractivity contribution in [2.24, 2.45) is 0 Å². The molecule has 16 heavy (non-hydrogen) atoms. The molecule has 1 amide bonds. The largest absolute Gasteiger partial charge is 0.443 e. The van der Waals surface area contributed by atoms with E-state index in [0.717, 1.165) is 31.5 Å². The summed E-state index contributed by atoms with van der Waals surface area (Å²) in [4.78, 5) is 13.6. The minimum Gasteiger partial charge on any atom is -0.443 e. The molecule has 0 aromatic carbocycles. The predicted molar refractivity (Wildman–Crippen MR) is 65.1 cm³/mol. The van der Waals surface area contributed by atoms with E-state index in [-0.39, 0.29) is 6.09 Å². The van der Waals surface area contributed by atoms with Crippen LogP contribution in [0.5, 0.6) is 0 Å². The van der Waals surface area contributed by atoms with E-state index in [4.69, 9.17) is 4.74 Å². The monoisotopic (exact) mass is 223 g/mol. The van der Waals surface area contributed by atoms with Gasteiger partial charge in [0, 0.05) is 18.7 Å². The minimum atomic E-state index is -0.437. The van der Waals surface area contributed by atoms with E-state index in [1.54, 1.807) is 4.90 Å². The maximum Gasteiger partial charge on any atom is 0.414 e. The second-order valence-electron chi connectivity index (χ2n) is 4.96. The molecule has 0 aliphatic carbocycles. The Kier molecular flexibility index (Phi) is 4.16. The average molecular weight is 223 g/mol. The molecule has 3 nitrogen and oxygen atoms in total. The molecule has 0 bridgehead atoms. The molecule has 0 unspecified atom stereocenters. The van der Waals surface area contributed by atoms with Gasteiger partial charge in [-0.15, -0.1) is 6.58 Å². The maximum absolute atomic E-state index is 11.9. The molecule has 3 heteroatoms. The second kappa shape index (κ2) is 5.19. The third-order valence-corrected chi connectivity index (χ3v) is 2.28. The van der Waals surface area contributed by atoms with Crippen molar-refractivity contribution in [1.29, 1.82) is 0 Å². The van der Waals surface area contributed by atoms with Gasteiger partial charge >= 0.3 is 6.09 Å². The molecule has 1 aliphatic rings. The van der Waals surface area contributed by atoms with Gasteiger partial charge in [-0.2, -0.15) is 0 Å². The molecule has 0 N–H and O–H groups in total. The zero-order chi connectivity index (χ0) is 12.2. The van der Waals surface area contributed by atoms with Crippen LogP contribution in [0.1, 0.15) is 40.0 Å². The first-order valence-corrected chi connectivity index (χ1v) is 5.74. The quantitative estimate of drug-likeness (QED) is 0.671. The zero-order valence-corrected chi connectivity index (χ0v) is 10.5. The van der Waals surface area contributed by atoms with Gasteiger partial charge in [-0.25, -0.2) is 4.79 Å². The van der Waals surface area contributed by atoms with E-state index in [1.165, 1.54) is 0 Å². The summed E-state index contributed by atoms with van der Waals surface area (Å²) in [5, 5.41) is 0. The number of hydrogen-bond acceptors (Lipinski definition) is 2. The molecule has 1 aliphatic heterocycles. The fourth-order valence-corrected chi connectivity index (χ4v) is 1.64. The van der Waals surface area contributed by atoms with E-state index < -0.39 is 5.60 Å². The van der Waals surface area contributed by atoms with Crippen LogP contribution in [0.25, 0.3) is 0 Å². The average Bonchev–Trinajstić information content (AvgIpc) is 2.16. The molecule has 0 aromatic rings. The van der Waals surface area contributed by atoms with Crippen LogP contribution in [-0.2, 0) is 4.74 Å². The maximum atomic E-state index is 11.9. The Balaban J connectivity index is 2.70. The van der Waals surface area contributed by atoms with Crippen molar-refractivity contribution in [2.75, 3.05) is 6.54 Å². The van der Waals surface area contributed by atoms with Gasteiger partial charge in [0.1, 0.15) is 5.60 Å². The fourth-order valence-electron chi connectivity index (χ4n) is 1.64. The Bertz CT molecular complexity index is 300. The second-order valence-corrected chi connectivity index (χ2v) is 4.96. The van der Waals surface area contributed by atoms with Gasteiger partial charge in [0.05, 0.1) is 0 Å². The number of amides is 1. The van der Waals surface area contributed by atoms with Crippen LogP contribution in [0.4, 0.5) is 4.79 Å². The lowest BCUT2D eigenvalue weighted by Crippen LogP contribution is -2.38. The number of carbonyl (C=O) groups is 1. The van der Waals surface area contributed by atoms with Crippen molar-refractivity contribution in [2.45, 2.75) is 45.6 Å². The van der Waals surface area contributed by atoms with Crippen LogP contribution < -0.4 is 0 Å². The standard InChI is InChI=1S/C13H21NO2/c1-5-8-11-9-6-7-10-14(11)12(15)16-13(2,3)4/h5,9H,1,6-8,10H2,2-4H3. The molecule has 0 atom stereocenters. The van der Waals surface area contributed by atoms with E-state index >= 15 is 0 Å². The molecule has 0 spiro atoms. The van der Waals surface area contributed by atoms with Gasteiger partial charge in [0.25, 0.3) is 0 Å². The fraction of sp³-hybridized carbons (Fsp3) is 0.615. The highest BCUT2D eigenvalue weighted by atomic mass is 16.6. The van der Waals surface area contributed by atoms with Gasteiger partial charge in [-0.1, -0.05) is 12.2 Å². The lowest BCUT2D eigenvalue weighted by atomic mass is 10.1. The molecule has 90 valence electrons. The van der Waals surface area contributed by atoms with Crippen LogP contribution in [0.3, 0.4) is 0 Å². The van der Waals surface area contributed by atoms with Gasteiger partial charge in [-0.3, -0.25) is 4.90 Å². The number of nitrogens with zero attached hydrogens (tertiary/aromatic N) is 1. The Labute approximate surface area is 97.8 Å². The molecule has 0 fully saturated rings. The third kappa shape index (κ3) is 3.72. The summed E-state index contributed by atoms with van der Waals surface area (Å²) in [5.74, 6) is 0. The molecule has 0 saturated heterocycles. The summed E-state index contributed by atoms with van der Waals surface area (Å²) < 4.78 is 5.37. The lowest BCUT2D eigenvalue weighted by Gasteiger charge is -2.30. The highest BCUT2D eigenvalue weighted by Gasteiger charge is 2.25. The van der Waals surface area contributed by atoms with Crippen LogP contribution in [0.15, 0.2) is 24.4 Å². The zero-order valence-electron chi connectivity index (χ0n) is 10.5. The number of hydrogen-bond donors (Lipinski definition) is 0. The summed E-state index contributed by atoms with van der Waals surface area (Å²) in [7, 11) is 0. The molecule has 1 heterocycles. The molecule has 0 saturated carbocycles. The molecule has 1 rings (SSSR count). The Morgan fingerprint density at radius 3 is 2.88 bits per heavy atom. The molecule has 0 radical (unpaired) electrons. The summed E-state index contributed by atoms with van der Waals surface area (Å²) in [6.45, 7) is 10.1. The van der Waals surface area contributed by atoms with Crippen LogP contribution in [-0.4, -0.2) is 23.1 Å². The SMILES string of the molecule is C=CCC1=CCCCN1C(=O)OC(C)(C)C. The minimum absolute atomic E-state index is 0.250. The first-order chi connectivity index (χ1) is 7.44. The van der Waals surface area contributed by atoms with Crippen molar-refractivity contribution in [3.63, 3.8) is 0 Å².